The maximum absolute atomic E-state index is 11.2. The van der Waals surface area contributed by atoms with E-state index in [4.69, 9.17) is 0 Å². The Labute approximate surface area is 341 Å². The zero-order chi connectivity index (χ0) is 41.8. The zero-order valence-corrected chi connectivity index (χ0v) is 38.4. The lowest BCUT2D eigenvalue weighted by atomic mass is 9.74. The van der Waals surface area contributed by atoms with Gasteiger partial charge in [-0.15, -0.1) is 0 Å². The van der Waals surface area contributed by atoms with Gasteiger partial charge in [0.15, 0.2) is 0 Å². The van der Waals surface area contributed by atoms with Crippen LogP contribution < -0.4 is 0 Å². The Hall–Kier alpha value is -1.84. The third-order valence-electron chi connectivity index (χ3n) is 13.7. The Morgan fingerprint density at radius 3 is 1.09 bits per heavy atom. The average molecular weight is 767 g/mol. The first-order chi connectivity index (χ1) is 25.7. The van der Waals surface area contributed by atoms with Crippen LogP contribution in [0.5, 0.6) is 0 Å². The van der Waals surface area contributed by atoms with Crippen LogP contribution in [0.25, 0.3) is 0 Å². The van der Waals surface area contributed by atoms with Gasteiger partial charge in [-0.2, -0.15) is 0 Å². The van der Waals surface area contributed by atoms with Crippen molar-refractivity contribution in [2.75, 3.05) is 0 Å². The van der Waals surface area contributed by atoms with Crippen molar-refractivity contribution in [3.8, 4) is 0 Å². The van der Waals surface area contributed by atoms with Crippen molar-refractivity contribution in [3.63, 3.8) is 0 Å². The van der Waals surface area contributed by atoms with E-state index in [1.54, 1.807) is 0 Å². The summed E-state index contributed by atoms with van der Waals surface area (Å²) in [6.45, 7) is 34.5. The minimum absolute atomic E-state index is 0.383. The molecule has 6 rings (SSSR count). The molecule has 0 aliphatic heterocycles. The monoisotopic (exact) mass is 767 g/mol. The van der Waals surface area contributed by atoms with Crippen LogP contribution in [0.2, 0.25) is 0 Å². The van der Waals surface area contributed by atoms with Gasteiger partial charge in [-0.25, -0.2) is 0 Å². The number of rotatable bonds is 6. The Morgan fingerprint density at radius 2 is 0.818 bits per heavy atom. The minimum Gasteiger partial charge on any atom is -0.300 e. The van der Waals surface area contributed by atoms with Gasteiger partial charge < -0.3 is 0 Å². The molecule has 0 aromatic rings. The first-order valence-electron chi connectivity index (χ1n) is 23.1. The van der Waals surface area contributed by atoms with Crippen molar-refractivity contribution in [2.45, 2.75) is 205 Å². The molecule has 0 spiro atoms. The summed E-state index contributed by atoms with van der Waals surface area (Å²) in [5.74, 6) is 10.5. The Morgan fingerprint density at radius 1 is 0.364 bits per heavy atom. The van der Waals surface area contributed by atoms with E-state index in [-0.39, 0.29) is 0 Å². The van der Waals surface area contributed by atoms with Crippen LogP contribution in [0.1, 0.15) is 205 Å². The van der Waals surface area contributed by atoms with Crippen LogP contribution in [0.15, 0.2) is 24.3 Å². The second kappa shape index (κ2) is 27.0. The largest absolute Gasteiger partial charge is 0.300 e. The predicted molar refractivity (Wildman–Crippen MR) is 236 cm³/mol. The van der Waals surface area contributed by atoms with E-state index in [2.05, 4.69) is 96.2 Å². The van der Waals surface area contributed by atoms with Gasteiger partial charge in [-0.1, -0.05) is 114 Å². The molecule has 4 heteroatoms. The van der Waals surface area contributed by atoms with Crippen LogP contribution in [-0.4, -0.2) is 23.1 Å². The number of ketones is 4. The summed E-state index contributed by atoms with van der Waals surface area (Å²) >= 11 is 0. The fourth-order valence-corrected chi connectivity index (χ4v) is 8.79. The minimum atomic E-state index is 0.383. The number of allylic oxidation sites excluding steroid dienone is 2. The lowest BCUT2D eigenvalue weighted by molar-refractivity contribution is -0.131. The van der Waals surface area contributed by atoms with Gasteiger partial charge in [0, 0.05) is 50.4 Å². The molecule has 318 valence electrons. The summed E-state index contributed by atoms with van der Waals surface area (Å²) in [4.78, 5) is 43.7. The SMILES string of the molecule is C=C1CC(C(C)C)C1.C=C1CCC(C(C)C)C1.CC(C)C1CCC(=O)CC1.CC(C)C1CCC1=O.CC(C)C1CCCC(=O)C1.CC(C)C1CCCCC1=O. The van der Waals surface area contributed by atoms with Crippen LogP contribution in [0.4, 0.5) is 0 Å². The van der Waals surface area contributed by atoms with E-state index >= 15 is 0 Å². The topological polar surface area (TPSA) is 68.3 Å². The van der Waals surface area contributed by atoms with E-state index in [9.17, 15) is 19.2 Å². The summed E-state index contributed by atoms with van der Waals surface area (Å²) < 4.78 is 0. The fourth-order valence-electron chi connectivity index (χ4n) is 8.79. The van der Waals surface area contributed by atoms with Crippen molar-refractivity contribution in [2.24, 2.45) is 71.0 Å². The maximum Gasteiger partial charge on any atom is 0.136 e. The Balaban J connectivity index is 0.000000331. The molecule has 4 nitrogen and oxygen atoms in total. The molecule has 0 saturated heterocycles. The van der Waals surface area contributed by atoms with Gasteiger partial charge >= 0.3 is 0 Å². The van der Waals surface area contributed by atoms with Crippen molar-refractivity contribution in [1.29, 1.82) is 0 Å². The van der Waals surface area contributed by atoms with Crippen LogP contribution in [-0.2, 0) is 19.2 Å². The van der Waals surface area contributed by atoms with Crippen LogP contribution >= 0.6 is 0 Å². The molecule has 4 unspecified atom stereocenters. The molecule has 6 fully saturated rings. The van der Waals surface area contributed by atoms with Crippen molar-refractivity contribution >= 4 is 23.1 Å². The van der Waals surface area contributed by atoms with Crippen molar-refractivity contribution < 1.29 is 19.2 Å². The second-order valence-corrected chi connectivity index (χ2v) is 20.3. The lowest BCUT2D eigenvalue weighted by Gasteiger charge is -2.31. The molecule has 6 saturated carbocycles. The number of carbonyl (C=O) groups is 4. The first kappa shape index (κ1) is 51.2. The Kier molecular flexibility index (Phi) is 25.1. The highest BCUT2D eigenvalue weighted by Gasteiger charge is 2.30. The van der Waals surface area contributed by atoms with Gasteiger partial charge in [0.05, 0.1) is 0 Å². The third kappa shape index (κ3) is 20.9. The molecule has 4 atom stereocenters. The highest BCUT2D eigenvalue weighted by molar-refractivity contribution is 5.86. The van der Waals surface area contributed by atoms with E-state index < -0.39 is 0 Å². The molecule has 0 aromatic heterocycles. The number of Topliss-reactive ketones (excluding diaryl/α,β-unsaturated/α-hetero) is 4. The maximum atomic E-state index is 11.2. The molecule has 6 aliphatic rings. The van der Waals surface area contributed by atoms with Gasteiger partial charge in [-0.05, 0) is 136 Å². The van der Waals surface area contributed by atoms with Crippen molar-refractivity contribution in [3.05, 3.63) is 24.3 Å². The summed E-state index contributed by atoms with van der Waals surface area (Å²) in [6, 6.07) is 0. The van der Waals surface area contributed by atoms with Crippen LogP contribution in [0, 0.1) is 71.0 Å². The van der Waals surface area contributed by atoms with Gasteiger partial charge in [0.2, 0.25) is 0 Å². The van der Waals surface area contributed by atoms with E-state index in [0.29, 0.717) is 58.6 Å². The quantitative estimate of drug-likeness (QED) is 0.252. The van der Waals surface area contributed by atoms with Gasteiger partial charge in [0.25, 0.3) is 0 Å². The smallest absolute Gasteiger partial charge is 0.136 e. The fraction of sp³-hybridized carbons (Fsp3) is 0.843. The molecule has 0 heterocycles. The average Bonchev–Trinajstić information content (AvgIpc) is 3.54. The normalized spacial score (nSPS) is 25.9. The number of hydrogen-bond donors (Lipinski definition) is 0. The van der Waals surface area contributed by atoms with E-state index in [0.717, 1.165) is 113 Å². The van der Waals surface area contributed by atoms with Gasteiger partial charge in [0.1, 0.15) is 23.1 Å². The highest BCUT2D eigenvalue weighted by Crippen LogP contribution is 2.37. The first-order valence-corrected chi connectivity index (χ1v) is 23.1. The summed E-state index contributed by atoms with van der Waals surface area (Å²) in [5.41, 5.74) is 2.91. The summed E-state index contributed by atoms with van der Waals surface area (Å²) in [6.07, 6.45) is 20.9. The summed E-state index contributed by atoms with van der Waals surface area (Å²) in [5, 5.41) is 0. The molecule has 55 heavy (non-hydrogen) atoms. The van der Waals surface area contributed by atoms with E-state index in [1.165, 1.54) is 56.1 Å². The molecular weight excluding hydrogens is 677 g/mol. The third-order valence-corrected chi connectivity index (χ3v) is 13.7. The second-order valence-electron chi connectivity index (χ2n) is 20.3. The molecule has 6 aliphatic carbocycles. The summed E-state index contributed by atoms with van der Waals surface area (Å²) in [7, 11) is 0. The molecule has 0 radical (unpaired) electrons. The number of carbonyl (C=O) groups excluding carboxylic acids is 4. The molecule has 0 aromatic carbocycles. The van der Waals surface area contributed by atoms with E-state index in [1.807, 2.05) is 0 Å². The Bertz CT molecular complexity index is 1150. The highest BCUT2D eigenvalue weighted by atomic mass is 16.1. The molecule has 0 amide bonds. The zero-order valence-electron chi connectivity index (χ0n) is 38.4. The molecule has 0 bridgehead atoms. The van der Waals surface area contributed by atoms with Gasteiger partial charge in [-0.3, -0.25) is 19.2 Å². The molecular formula is C51H90O4. The number of hydrogen-bond acceptors (Lipinski definition) is 4. The van der Waals surface area contributed by atoms with Crippen molar-refractivity contribution in [1.82, 2.24) is 0 Å². The molecule has 0 N–H and O–H groups in total. The lowest BCUT2D eigenvalue weighted by Crippen LogP contribution is -2.29. The standard InChI is InChI=1S/3C9H16O.C9H16.C8H14.C7H12O/c1-7(2)8-3-5-9(10)6-4-8;1-7(2)8-4-3-5-9(10)6-8;1-7(2)8-5-3-4-6-9(8)10;1-7(2)9-5-4-8(3)6-9;1-6(2)8-4-7(3)5-8;1-5(2)6-3-4-7(6)8/h3*7-8H,3-6H2,1-2H3;7,9H,3-6H2,1-2H3;6,8H,3-5H2,1-2H3;5-6H,3-4H2,1-2H3. The van der Waals surface area contributed by atoms with Crippen LogP contribution in [0.3, 0.4) is 0 Å². The predicted octanol–water partition coefficient (Wildman–Crippen LogP) is 14.4.